The average Bonchev–Trinajstić information content (AvgIpc) is 3.25. The number of fused-ring (bicyclic) bond motifs is 1. The Kier molecular flexibility index (Phi) is 2.92. The van der Waals surface area contributed by atoms with Crippen LogP contribution in [0.4, 0.5) is 4.39 Å². The minimum atomic E-state index is -0.375. The Balaban J connectivity index is 1.74. The maximum atomic E-state index is 13.9. The van der Waals surface area contributed by atoms with E-state index in [1.807, 2.05) is 6.07 Å². The van der Waals surface area contributed by atoms with Gasteiger partial charge in [-0.1, -0.05) is 0 Å². The van der Waals surface area contributed by atoms with Gasteiger partial charge >= 0.3 is 0 Å². The Morgan fingerprint density at radius 2 is 2.19 bits per heavy atom. The lowest BCUT2D eigenvalue weighted by Crippen LogP contribution is -2.35. The van der Waals surface area contributed by atoms with Crippen molar-refractivity contribution in [2.75, 3.05) is 13.7 Å². The SMILES string of the molecule is COc1ccc(-c2nnc3n2CCNC3C2CC2)cc1F. The third-order valence-corrected chi connectivity index (χ3v) is 4.26. The van der Waals surface area contributed by atoms with Crippen molar-refractivity contribution in [2.24, 2.45) is 5.92 Å². The Bertz CT molecular complexity index is 680. The fourth-order valence-electron chi connectivity index (χ4n) is 3.01. The molecule has 1 fully saturated rings. The molecule has 1 aliphatic carbocycles. The maximum absolute atomic E-state index is 13.9. The number of hydrogen-bond donors (Lipinski definition) is 1. The highest BCUT2D eigenvalue weighted by atomic mass is 19.1. The van der Waals surface area contributed by atoms with Crippen molar-refractivity contribution in [1.29, 1.82) is 0 Å². The zero-order chi connectivity index (χ0) is 14.4. The van der Waals surface area contributed by atoms with Gasteiger partial charge in [-0.3, -0.25) is 0 Å². The Labute approximate surface area is 122 Å². The van der Waals surface area contributed by atoms with Crippen molar-refractivity contribution in [1.82, 2.24) is 20.1 Å². The molecule has 0 spiro atoms. The Morgan fingerprint density at radius 3 is 2.90 bits per heavy atom. The average molecular weight is 288 g/mol. The third kappa shape index (κ3) is 2.10. The summed E-state index contributed by atoms with van der Waals surface area (Å²) in [5, 5.41) is 12.1. The fraction of sp³-hybridized carbons (Fsp3) is 0.467. The number of benzene rings is 1. The van der Waals surface area contributed by atoms with Gasteiger partial charge in [0, 0.05) is 18.7 Å². The lowest BCUT2D eigenvalue weighted by atomic mass is 10.1. The van der Waals surface area contributed by atoms with E-state index < -0.39 is 0 Å². The van der Waals surface area contributed by atoms with Gasteiger partial charge in [0.1, 0.15) is 0 Å². The van der Waals surface area contributed by atoms with Crippen LogP contribution in [-0.2, 0) is 6.54 Å². The largest absolute Gasteiger partial charge is 0.494 e. The highest BCUT2D eigenvalue weighted by Crippen LogP contribution is 2.42. The third-order valence-electron chi connectivity index (χ3n) is 4.26. The van der Waals surface area contributed by atoms with E-state index in [0.29, 0.717) is 12.0 Å². The minimum absolute atomic E-state index is 0.245. The van der Waals surface area contributed by atoms with Crippen LogP contribution >= 0.6 is 0 Å². The highest BCUT2D eigenvalue weighted by molar-refractivity contribution is 5.57. The molecule has 1 aromatic heterocycles. The monoisotopic (exact) mass is 288 g/mol. The van der Waals surface area contributed by atoms with Crippen LogP contribution in [0.3, 0.4) is 0 Å². The second-order valence-corrected chi connectivity index (χ2v) is 5.65. The number of rotatable bonds is 3. The number of methoxy groups -OCH3 is 1. The molecule has 1 unspecified atom stereocenters. The van der Waals surface area contributed by atoms with Crippen molar-refractivity contribution < 1.29 is 9.13 Å². The Hall–Kier alpha value is -1.95. The van der Waals surface area contributed by atoms with Gasteiger partial charge in [0.2, 0.25) is 0 Å². The molecule has 0 bridgehead atoms. The Morgan fingerprint density at radius 1 is 1.33 bits per heavy atom. The van der Waals surface area contributed by atoms with Crippen molar-refractivity contribution in [3.05, 3.63) is 29.8 Å². The molecule has 6 heteroatoms. The molecule has 2 aliphatic rings. The lowest BCUT2D eigenvalue weighted by Gasteiger charge is -2.25. The molecule has 110 valence electrons. The quantitative estimate of drug-likeness (QED) is 0.940. The molecular formula is C15H17FN4O. The van der Waals surface area contributed by atoms with Crippen LogP contribution in [0.5, 0.6) is 5.75 Å². The van der Waals surface area contributed by atoms with Crippen molar-refractivity contribution in [2.45, 2.75) is 25.4 Å². The minimum Gasteiger partial charge on any atom is -0.494 e. The van der Waals surface area contributed by atoms with Gasteiger partial charge in [-0.05, 0) is 37.0 Å². The number of halogens is 1. The van der Waals surface area contributed by atoms with Crippen LogP contribution in [0, 0.1) is 11.7 Å². The summed E-state index contributed by atoms with van der Waals surface area (Å²) in [6.07, 6.45) is 2.49. The molecule has 1 N–H and O–H groups in total. The van der Waals surface area contributed by atoms with Crippen LogP contribution in [0.25, 0.3) is 11.4 Å². The van der Waals surface area contributed by atoms with E-state index >= 15 is 0 Å². The number of aromatic nitrogens is 3. The molecule has 5 nitrogen and oxygen atoms in total. The van der Waals surface area contributed by atoms with Gasteiger partial charge < -0.3 is 14.6 Å². The van der Waals surface area contributed by atoms with Crippen molar-refractivity contribution >= 4 is 0 Å². The first-order valence-corrected chi connectivity index (χ1v) is 7.28. The van der Waals surface area contributed by atoms with Crippen LogP contribution < -0.4 is 10.1 Å². The van der Waals surface area contributed by atoms with Gasteiger partial charge in [0.25, 0.3) is 0 Å². The standard InChI is InChI=1S/C15H17FN4O/c1-21-12-5-4-10(8-11(12)16)14-18-19-15-13(9-2-3-9)17-6-7-20(14)15/h4-5,8-9,13,17H,2-3,6-7H2,1H3. The maximum Gasteiger partial charge on any atom is 0.165 e. The predicted molar refractivity (Wildman–Crippen MR) is 75.4 cm³/mol. The predicted octanol–water partition coefficient (Wildman–Crippen LogP) is 2.15. The molecule has 1 atom stereocenters. The van der Waals surface area contributed by atoms with Crippen LogP contribution in [-0.4, -0.2) is 28.4 Å². The topological polar surface area (TPSA) is 52.0 Å². The molecular weight excluding hydrogens is 271 g/mol. The van der Waals surface area contributed by atoms with Crippen molar-refractivity contribution in [3.63, 3.8) is 0 Å². The molecule has 1 saturated carbocycles. The first-order chi connectivity index (χ1) is 10.3. The molecule has 21 heavy (non-hydrogen) atoms. The molecule has 1 aliphatic heterocycles. The molecule has 0 saturated heterocycles. The second-order valence-electron chi connectivity index (χ2n) is 5.65. The normalized spacial score (nSPS) is 21.1. The summed E-state index contributed by atoms with van der Waals surface area (Å²) in [4.78, 5) is 0. The van der Waals surface area contributed by atoms with E-state index in [9.17, 15) is 4.39 Å². The summed E-state index contributed by atoms with van der Waals surface area (Å²) >= 11 is 0. The van der Waals surface area contributed by atoms with E-state index in [1.165, 1.54) is 26.0 Å². The van der Waals surface area contributed by atoms with E-state index in [-0.39, 0.29) is 11.6 Å². The van der Waals surface area contributed by atoms with Gasteiger partial charge in [-0.25, -0.2) is 4.39 Å². The second kappa shape index (κ2) is 4.80. The number of ether oxygens (including phenoxy) is 1. The summed E-state index contributed by atoms with van der Waals surface area (Å²) in [5.74, 6) is 2.26. The van der Waals surface area contributed by atoms with Crippen LogP contribution in [0.2, 0.25) is 0 Å². The first-order valence-electron chi connectivity index (χ1n) is 7.28. The van der Waals surface area contributed by atoms with E-state index in [1.54, 1.807) is 6.07 Å². The van der Waals surface area contributed by atoms with Crippen LogP contribution in [0.15, 0.2) is 18.2 Å². The smallest absolute Gasteiger partial charge is 0.165 e. The molecule has 0 amide bonds. The molecule has 2 aromatic rings. The zero-order valence-corrected chi connectivity index (χ0v) is 11.8. The highest BCUT2D eigenvalue weighted by Gasteiger charge is 2.37. The molecule has 1 aromatic carbocycles. The summed E-state index contributed by atoms with van der Waals surface area (Å²) < 4.78 is 21.0. The number of hydrogen-bond acceptors (Lipinski definition) is 4. The van der Waals surface area contributed by atoms with Gasteiger partial charge in [0.15, 0.2) is 23.2 Å². The number of nitrogens with zero attached hydrogens (tertiary/aromatic N) is 3. The van der Waals surface area contributed by atoms with Gasteiger partial charge in [-0.2, -0.15) is 0 Å². The van der Waals surface area contributed by atoms with Crippen LogP contribution in [0.1, 0.15) is 24.7 Å². The van der Waals surface area contributed by atoms with E-state index in [0.717, 1.165) is 30.3 Å². The van der Waals surface area contributed by atoms with Gasteiger partial charge in [0.05, 0.1) is 13.2 Å². The molecule has 4 rings (SSSR count). The summed E-state index contributed by atoms with van der Waals surface area (Å²) in [7, 11) is 1.46. The molecule has 2 heterocycles. The van der Waals surface area contributed by atoms with E-state index in [2.05, 4.69) is 20.1 Å². The van der Waals surface area contributed by atoms with E-state index in [4.69, 9.17) is 4.74 Å². The summed E-state index contributed by atoms with van der Waals surface area (Å²) in [6, 6.07) is 5.21. The number of nitrogens with one attached hydrogen (secondary N) is 1. The first kappa shape index (κ1) is 12.8. The summed E-state index contributed by atoms with van der Waals surface area (Å²) in [5.41, 5.74) is 0.739. The van der Waals surface area contributed by atoms with Crippen molar-refractivity contribution in [3.8, 4) is 17.1 Å². The zero-order valence-electron chi connectivity index (χ0n) is 11.8. The van der Waals surface area contributed by atoms with Gasteiger partial charge in [-0.15, -0.1) is 10.2 Å². The fourth-order valence-corrected chi connectivity index (χ4v) is 3.01. The lowest BCUT2D eigenvalue weighted by molar-refractivity contribution is 0.382. The summed E-state index contributed by atoms with van der Waals surface area (Å²) in [6.45, 7) is 1.71. The molecule has 0 radical (unpaired) electrons.